The number of carbonyl (C=O) groups is 1. The van der Waals surface area contributed by atoms with Crippen LogP contribution in [0, 0.1) is 11.3 Å². The summed E-state index contributed by atoms with van der Waals surface area (Å²) in [4.78, 5) is 18.2. The average Bonchev–Trinajstić information content (AvgIpc) is 3.08. The zero-order chi connectivity index (χ0) is 18.7. The maximum Gasteiger partial charge on any atom is 0.316 e. The molecule has 7 rings (SSSR count). The predicted octanol–water partition coefficient (Wildman–Crippen LogP) is 1.70. The van der Waals surface area contributed by atoms with E-state index in [2.05, 4.69) is 54.1 Å². The number of allylic oxidation sites excluding steroid dienone is 1. The quantitative estimate of drug-likeness (QED) is 0.606. The number of rotatable bonds is 1. The van der Waals surface area contributed by atoms with Crippen LogP contribution >= 0.6 is 0 Å². The number of benzene rings is 1. The number of aliphatic hydroxyl groups is 1. The van der Waals surface area contributed by atoms with E-state index in [1.807, 2.05) is 0 Å². The first-order chi connectivity index (χ1) is 13.0. The van der Waals surface area contributed by atoms with Crippen LogP contribution < -0.4 is 4.90 Å². The van der Waals surface area contributed by atoms with E-state index in [1.54, 1.807) is 0 Å². The fourth-order valence-corrected chi connectivity index (χ4v) is 7.97. The molecule has 5 aliphatic heterocycles. The Morgan fingerprint density at radius 2 is 2.15 bits per heavy atom. The van der Waals surface area contributed by atoms with Gasteiger partial charge in [-0.15, -0.1) is 0 Å². The number of ether oxygens (including phenoxy) is 1. The summed E-state index contributed by atoms with van der Waals surface area (Å²) in [6, 6.07) is 9.09. The molecule has 0 radical (unpaired) electrons. The summed E-state index contributed by atoms with van der Waals surface area (Å²) in [6.07, 6.45) is 3.19. The summed E-state index contributed by atoms with van der Waals surface area (Å²) in [7, 11) is 3.63. The molecule has 5 fully saturated rings. The first kappa shape index (κ1) is 16.1. The van der Waals surface area contributed by atoms with Gasteiger partial charge in [0, 0.05) is 42.7 Å². The summed E-state index contributed by atoms with van der Waals surface area (Å²) in [5, 5.41) is 12.0. The molecule has 1 spiro atoms. The fraction of sp³-hybridized carbons (Fsp3) is 0.591. The van der Waals surface area contributed by atoms with Crippen LogP contribution in [-0.4, -0.2) is 60.9 Å². The lowest BCUT2D eigenvalue weighted by atomic mass is 9.58. The number of likely N-dealkylation sites (N-methyl/N-ethyl adjacent to an activating group) is 1. The zero-order valence-electron chi connectivity index (χ0n) is 16.1. The molecule has 0 aromatic heterocycles. The van der Waals surface area contributed by atoms with Crippen molar-refractivity contribution in [3.8, 4) is 0 Å². The molecule has 6 aliphatic rings. The number of fused-ring (bicyclic) bond motifs is 2. The van der Waals surface area contributed by atoms with E-state index in [0.717, 1.165) is 19.4 Å². The maximum atomic E-state index is 13.3. The molecule has 142 valence electrons. The number of esters is 1. The Balaban J connectivity index is 1.67. The summed E-state index contributed by atoms with van der Waals surface area (Å²) < 4.78 is 5.37. The van der Waals surface area contributed by atoms with Gasteiger partial charge in [-0.05, 0) is 31.4 Å². The molecule has 1 aromatic rings. The Morgan fingerprint density at radius 3 is 2.89 bits per heavy atom. The van der Waals surface area contributed by atoms with Crippen LogP contribution in [0.3, 0.4) is 0 Å². The van der Waals surface area contributed by atoms with Gasteiger partial charge in [0.15, 0.2) is 0 Å². The largest absolute Gasteiger partial charge is 0.468 e. The normalized spacial score (nSPS) is 49.5. The molecule has 1 saturated carbocycles. The first-order valence-electron chi connectivity index (χ1n) is 10.0. The number of anilines is 1. The number of hydrogen-bond acceptors (Lipinski definition) is 5. The molecule has 1 aromatic carbocycles. The minimum absolute atomic E-state index is 0.0585. The van der Waals surface area contributed by atoms with Gasteiger partial charge in [-0.25, -0.2) is 0 Å². The maximum absolute atomic E-state index is 13.3. The smallest absolute Gasteiger partial charge is 0.316 e. The lowest BCUT2D eigenvalue weighted by molar-refractivity contribution is -0.179. The van der Waals surface area contributed by atoms with E-state index in [4.69, 9.17) is 4.74 Å². The summed E-state index contributed by atoms with van der Waals surface area (Å²) in [6.45, 7) is 2.97. The summed E-state index contributed by atoms with van der Waals surface area (Å²) in [5.41, 5.74) is 2.48. The van der Waals surface area contributed by atoms with Crippen molar-refractivity contribution in [2.75, 3.05) is 25.6 Å². The van der Waals surface area contributed by atoms with Crippen LogP contribution in [0.1, 0.15) is 25.3 Å². The van der Waals surface area contributed by atoms with Crippen LogP contribution in [0.5, 0.6) is 0 Å². The second-order valence-electron chi connectivity index (χ2n) is 9.05. The number of piperidine rings is 4. The SMILES string of the molecule is C/C=C1\CN2[C@H]3C[C@@]45c6ccccc6N(C)[C@@H]4[C@@H]2C[C@@H]1[C@]3(C(=O)OC)[C@H]5O. The minimum atomic E-state index is -0.849. The molecule has 0 amide bonds. The molecule has 27 heavy (non-hydrogen) atoms. The number of aliphatic hydroxyl groups excluding tert-OH is 1. The fourth-order valence-electron chi connectivity index (χ4n) is 7.97. The number of carbonyl (C=O) groups excluding carboxylic acids is 1. The van der Waals surface area contributed by atoms with Crippen molar-refractivity contribution in [3.63, 3.8) is 0 Å². The van der Waals surface area contributed by atoms with Crippen molar-refractivity contribution >= 4 is 11.7 Å². The van der Waals surface area contributed by atoms with E-state index < -0.39 is 11.5 Å². The van der Waals surface area contributed by atoms with E-state index in [0.29, 0.717) is 6.04 Å². The Kier molecular flexibility index (Phi) is 2.84. The topological polar surface area (TPSA) is 53.0 Å². The monoisotopic (exact) mass is 366 g/mol. The van der Waals surface area contributed by atoms with Crippen molar-refractivity contribution in [3.05, 3.63) is 41.5 Å². The number of hydrogen-bond donors (Lipinski definition) is 1. The predicted molar refractivity (Wildman–Crippen MR) is 102 cm³/mol. The minimum Gasteiger partial charge on any atom is -0.468 e. The zero-order valence-corrected chi connectivity index (χ0v) is 16.1. The van der Waals surface area contributed by atoms with E-state index in [1.165, 1.54) is 23.9 Å². The third-order valence-corrected chi connectivity index (χ3v) is 8.72. The Labute approximate surface area is 159 Å². The van der Waals surface area contributed by atoms with Crippen molar-refractivity contribution in [1.82, 2.24) is 4.90 Å². The molecule has 4 saturated heterocycles. The standard InChI is InChI=1S/C22H26N2O3/c1-4-12-11-24-16-9-14(12)22(20(26)27-3)17(24)10-21(19(22)25)13-7-5-6-8-15(13)23(2)18(16)21/h4-8,14,16-19,25H,9-11H2,1-3H3/b12-4+/t14-,16-,17-,18+,19-,21+,22+/m0/s1. The highest BCUT2D eigenvalue weighted by Crippen LogP contribution is 2.72. The van der Waals surface area contributed by atoms with Crippen molar-refractivity contribution in [1.29, 1.82) is 0 Å². The molecular formula is C22H26N2O3. The molecule has 5 heterocycles. The Hall–Kier alpha value is -1.85. The summed E-state index contributed by atoms with van der Waals surface area (Å²) in [5.74, 6) is -0.146. The highest BCUT2D eigenvalue weighted by atomic mass is 16.5. The van der Waals surface area contributed by atoms with E-state index >= 15 is 0 Å². The van der Waals surface area contributed by atoms with Gasteiger partial charge < -0.3 is 14.7 Å². The lowest BCUT2D eigenvalue weighted by Gasteiger charge is -2.61. The first-order valence-corrected chi connectivity index (χ1v) is 10.0. The molecule has 1 N–H and O–H groups in total. The Morgan fingerprint density at radius 1 is 1.37 bits per heavy atom. The van der Waals surface area contributed by atoms with Crippen LogP contribution in [0.25, 0.3) is 0 Å². The van der Waals surface area contributed by atoms with Crippen LogP contribution in [0.2, 0.25) is 0 Å². The van der Waals surface area contributed by atoms with Crippen LogP contribution in [0.15, 0.2) is 35.9 Å². The second kappa shape index (κ2) is 4.76. The molecule has 5 bridgehead atoms. The van der Waals surface area contributed by atoms with Crippen LogP contribution in [-0.2, 0) is 14.9 Å². The van der Waals surface area contributed by atoms with Gasteiger partial charge >= 0.3 is 5.97 Å². The molecule has 5 heteroatoms. The molecular weight excluding hydrogens is 340 g/mol. The van der Waals surface area contributed by atoms with Gasteiger partial charge in [0.2, 0.25) is 0 Å². The van der Waals surface area contributed by atoms with Crippen LogP contribution in [0.4, 0.5) is 5.69 Å². The molecule has 1 aliphatic carbocycles. The van der Waals surface area contributed by atoms with E-state index in [-0.39, 0.29) is 29.4 Å². The average molecular weight is 366 g/mol. The third kappa shape index (κ3) is 1.40. The number of para-hydroxylation sites is 1. The molecule has 8 atom stereocenters. The van der Waals surface area contributed by atoms with Gasteiger partial charge in [0.05, 0.1) is 19.3 Å². The highest BCUT2D eigenvalue weighted by molar-refractivity contribution is 5.84. The van der Waals surface area contributed by atoms with Crippen molar-refractivity contribution in [2.24, 2.45) is 11.3 Å². The Bertz CT molecular complexity index is 897. The van der Waals surface area contributed by atoms with E-state index in [9.17, 15) is 9.90 Å². The number of methoxy groups -OCH3 is 1. The van der Waals surface area contributed by atoms with Gasteiger partial charge in [-0.2, -0.15) is 0 Å². The molecule has 1 unspecified atom stereocenters. The number of nitrogens with zero attached hydrogens (tertiary/aromatic N) is 2. The second-order valence-corrected chi connectivity index (χ2v) is 9.05. The van der Waals surface area contributed by atoms with Gasteiger partial charge in [0.25, 0.3) is 0 Å². The van der Waals surface area contributed by atoms with Gasteiger partial charge in [0.1, 0.15) is 5.41 Å². The van der Waals surface area contributed by atoms with Crippen molar-refractivity contribution < 1.29 is 14.6 Å². The van der Waals surface area contributed by atoms with Gasteiger partial charge in [-0.1, -0.05) is 29.8 Å². The van der Waals surface area contributed by atoms with Gasteiger partial charge in [-0.3, -0.25) is 9.69 Å². The highest BCUT2D eigenvalue weighted by Gasteiger charge is 2.82. The molecule has 5 nitrogen and oxygen atoms in total. The lowest BCUT2D eigenvalue weighted by Crippen LogP contribution is -2.71. The third-order valence-electron chi connectivity index (χ3n) is 8.72. The summed E-state index contributed by atoms with van der Waals surface area (Å²) >= 11 is 0. The van der Waals surface area contributed by atoms with Crippen molar-refractivity contribution in [2.45, 2.75) is 49.4 Å².